The van der Waals surface area contributed by atoms with Gasteiger partial charge in [-0.05, 0) is 26.3 Å². The molecule has 0 unspecified atom stereocenters. The molecule has 0 saturated heterocycles. The number of allylic oxidation sites excluding steroid dienone is 1. The van der Waals surface area contributed by atoms with Crippen molar-refractivity contribution in [3.63, 3.8) is 0 Å². The zero-order chi connectivity index (χ0) is 8.15. The Balaban J connectivity index is 4.51. The van der Waals surface area contributed by atoms with Crippen LogP contribution in [0, 0.1) is 0 Å². The summed E-state index contributed by atoms with van der Waals surface area (Å²) in [4.78, 5) is 10.9. The van der Waals surface area contributed by atoms with E-state index in [1.54, 1.807) is 6.92 Å². The third-order valence-electron chi connectivity index (χ3n) is 1.18. The smallest absolute Gasteiger partial charge is 0.165 e. The van der Waals surface area contributed by atoms with Crippen molar-refractivity contribution < 1.29 is 4.79 Å². The highest BCUT2D eigenvalue weighted by Gasteiger charge is 1.97. The van der Waals surface area contributed by atoms with Crippen LogP contribution in [-0.4, -0.2) is 5.78 Å². The van der Waals surface area contributed by atoms with Crippen molar-refractivity contribution >= 4 is 5.78 Å². The maximum Gasteiger partial charge on any atom is 0.165 e. The van der Waals surface area contributed by atoms with Gasteiger partial charge in [0.25, 0.3) is 0 Å². The largest absolute Gasteiger partial charge is 0.294 e. The molecule has 0 rings (SSSR count). The molecule has 0 aromatic heterocycles. The Labute approximate surface area is 62.4 Å². The summed E-state index contributed by atoms with van der Waals surface area (Å²) in [7, 11) is 0. The molecule has 0 atom stereocenters. The van der Waals surface area contributed by atoms with Crippen molar-refractivity contribution in [2.75, 3.05) is 0 Å². The monoisotopic (exact) mass is 138 g/mol. The highest BCUT2D eigenvalue weighted by molar-refractivity contribution is 5.94. The summed E-state index contributed by atoms with van der Waals surface area (Å²) in [5, 5.41) is 0. The first-order chi connectivity index (χ1) is 4.57. The fourth-order valence-corrected chi connectivity index (χ4v) is 0.710. The average Bonchev–Trinajstić information content (AvgIpc) is 1.85. The summed E-state index contributed by atoms with van der Waals surface area (Å²) in [5.41, 5.74) is 4.77. The van der Waals surface area contributed by atoms with Gasteiger partial charge in [0.1, 0.15) is 0 Å². The molecule has 0 fully saturated rings. The Morgan fingerprint density at radius 3 is 2.10 bits per heavy atom. The lowest BCUT2D eigenvalue weighted by molar-refractivity contribution is -0.115. The van der Waals surface area contributed by atoms with Crippen LogP contribution in [0.15, 0.2) is 16.9 Å². The molecule has 0 heterocycles. The van der Waals surface area contributed by atoms with E-state index in [-0.39, 0.29) is 5.78 Å². The predicted molar refractivity (Wildman–Crippen MR) is 42.9 cm³/mol. The van der Waals surface area contributed by atoms with Gasteiger partial charge in [0.15, 0.2) is 5.78 Å². The quantitative estimate of drug-likeness (QED) is 0.423. The van der Waals surface area contributed by atoms with E-state index < -0.39 is 0 Å². The summed E-state index contributed by atoms with van der Waals surface area (Å²) in [6.07, 6.45) is 0.576. The Hall–Kier alpha value is -0.810. The minimum absolute atomic E-state index is 0.182. The van der Waals surface area contributed by atoms with Crippen LogP contribution in [0.3, 0.4) is 0 Å². The second-order valence-electron chi connectivity index (χ2n) is 2.53. The summed E-state index contributed by atoms with van der Waals surface area (Å²) in [6.45, 7) is 7.54. The molecule has 0 saturated carbocycles. The van der Waals surface area contributed by atoms with Crippen molar-refractivity contribution in [1.82, 2.24) is 0 Å². The van der Waals surface area contributed by atoms with Gasteiger partial charge in [0, 0.05) is 12.0 Å². The number of hydrogen-bond acceptors (Lipinski definition) is 1. The Morgan fingerprint density at radius 2 is 1.80 bits per heavy atom. The van der Waals surface area contributed by atoms with Crippen molar-refractivity contribution in [3.8, 4) is 0 Å². The molecule has 0 spiro atoms. The van der Waals surface area contributed by atoms with Crippen LogP contribution >= 0.6 is 0 Å². The molecule has 0 aliphatic rings. The fraction of sp³-hybridized carbons (Fsp3) is 0.556. The molecule has 0 N–H and O–H groups in total. The first-order valence-electron chi connectivity index (χ1n) is 3.51. The van der Waals surface area contributed by atoms with Crippen LogP contribution in [0.4, 0.5) is 0 Å². The molecule has 0 aliphatic carbocycles. The number of hydrogen-bond donors (Lipinski definition) is 0. The molecular formula is C9H14O. The molecule has 0 bridgehead atoms. The van der Waals surface area contributed by atoms with Gasteiger partial charge in [-0.3, -0.25) is 4.79 Å². The third-order valence-corrected chi connectivity index (χ3v) is 1.18. The van der Waals surface area contributed by atoms with Crippen molar-refractivity contribution in [2.45, 2.75) is 34.1 Å². The van der Waals surface area contributed by atoms with Gasteiger partial charge in [-0.1, -0.05) is 6.92 Å². The lowest BCUT2D eigenvalue weighted by atomic mass is 10.1. The van der Waals surface area contributed by atoms with Gasteiger partial charge in [-0.25, -0.2) is 0 Å². The van der Waals surface area contributed by atoms with Gasteiger partial charge in [0.2, 0.25) is 0 Å². The molecule has 1 nitrogen and oxygen atoms in total. The molecule has 0 amide bonds. The average molecular weight is 138 g/mol. The van der Waals surface area contributed by atoms with E-state index in [4.69, 9.17) is 0 Å². The number of Topliss-reactive ketones (excluding diaryl/α,β-unsaturated/α-hetero) is 1. The molecule has 0 radical (unpaired) electrons. The molecule has 56 valence electrons. The van der Waals surface area contributed by atoms with E-state index in [1.165, 1.54) is 0 Å². The SMILES string of the molecule is CCC(=O)C(C)=C=C(C)C. The van der Waals surface area contributed by atoms with Crippen LogP contribution in [-0.2, 0) is 4.79 Å². The Bertz CT molecular complexity index is 189. The topological polar surface area (TPSA) is 17.1 Å². The highest BCUT2D eigenvalue weighted by Crippen LogP contribution is 1.97. The van der Waals surface area contributed by atoms with E-state index >= 15 is 0 Å². The number of rotatable bonds is 2. The Morgan fingerprint density at radius 1 is 1.30 bits per heavy atom. The molecule has 0 aromatic carbocycles. The lowest BCUT2D eigenvalue weighted by Gasteiger charge is -1.90. The first-order valence-corrected chi connectivity index (χ1v) is 3.51. The number of ketones is 1. The van der Waals surface area contributed by atoms with Gasteiger partial charge in [-0.2, -0.15) is 0 Å². The van der Waals surface area contributed by atoms with Crippen LogP contribution in [0.25, 0.3) is 0 Å². The van der Waals surface area contributed by atoms with Crippen LogP contribution in [0.2, 0.25) is 0 Å². The minimum atomic E-state index is 0.182. The summed E-state index contributed by atoms with van der Waals surface area (Å²) < 4.78 is 0. The third kappa shape index (κ3) is 3.26. The maximum atomic E-state index is 10.9. The maximum absolute atomic E-state index is 10.9. The van der Waals surface area contributed by atoms with E-state index in [0.717, 1.165) is 11.1 Å². The summed E-state index contributed by atoms with van der Waals surface area (Å²) in [5.74, 6) is 0.182. The van der Waals surface area contributed by atoms with Gasteiger partial charge in [-0.15, -0.1) is 5.73 Å². The molecular weight excluding hydrogens is 124 g/mol. The zero-order valence-corrected chi connectivity index (χ0v) is 7.12. The van der Waals surface area contributed by atoms with E-state index in [0.29, 0.717) is 6.42 Å². The summed E-state index contributed by atoms with van der Waals surface area (Å²) in [6, 6.07) is 0. The van der Waals surface area contributed by atoms with Gasteiger partial charge < -0.3 is 0 Å². The number of carbonyl (C=O) groups excluding carboxylic acids is 1. The van der Waals surface area contributed by atoms with Crippen molar-refractivity contribution in [1.29, 1.82) is 0 Å². The number of carbonyl (C=O) groups is 1. The highest BCUT2D eigenvalue weighted by atomic mass is 16.1. The van der Waals surface area contributed by atoms with E-state index in [2.05, 4.69) is 5.73 Å². The summed E-state index contributed by atoms with van der Waals surface area (Å²) >= 11 is 0. The first kappa shape index (κ1) is 9.19. The fourth-order valence-electron chi connectivity index (χ4n) is 0.710. The minimum Gasteiger partial charge on any atom is -0.294 e. The molecule has 10 heavy (non-hydrogen) atoms. The van der Waals surface area contributed by atoms with Crippen molar-refractivity contribution in [3.05, 3.63) is 16.9 Å². The van der Waals surface area contributed by atoms with Crippen LogP contribution < -0.4 is 0 Å². The van der Waals surface area contributed by atoms with Crippen molar-refractivity contribution in [2.24, 2.45) is 0 Å². The zero-order valence-electron chi connectivity index (χ0n) is 7.12. The Kier molecular flexibility index (Phi) is 3.75. The normalized spacial score (nSPS) is 8.40. The molecule has 0 aromatic rings. The predicted octanol–water partition coefficient (Wildman–Crippen LogP) is 2.48. The second-order valence-corrected chi connectivity index (χ2v) is 2.53. The van der Waals surface area contributed by atoms with Gasteiger partial charge >= 0.3 is 0 Å². The van der Waals surface area contributed by atoms with Gasteiger partial charge in [0.05, 0.1) is 0 Å². The second kappa shape index (κ2) is 4.08. The van der Waals surface area contributed by atoms with Crippen LogP contribution in [0.1, 0.15) is 34.1 Å². The standard InChI is InChI=1S/C9H14O/c1-5-9(10)8(4)6-7(2)3/h5H2,1-4H3. The lowest BCUT2D eigenvalue weighted by Crippen LogP contribution is -1.94. The molecule has 0 aliphatic heterocycles. The molecule has 1 heteroatoms. The van der Waals surface area contributed by atoms with E-state index in [9.17, 15) is 4.79 Å². The van der Waals surface area contributed by atoms with E-state index in [1.807, 2.05) is 20.8 Å². The van der Waals surface area contributed by atoms with Crippen LogP contribution in [0.5, 0.6) is 0 Å².